The Kier molecular flexibility index (Phi) is 2.57. The molecule has 0 spiro atoms. The van der Waals surface area contributed by atoms with Crippen molar-refractivity contribution in [2.45, 2.75) is 0 Å². The van der Waals surface area contributed by atoms with Gasteiger partial charge in [0.05, 0.1) is 0 Å². The van der Waals surface area contributed by atoms with Crippen LogP contribution in [0.5, 0.6) is 0 Å². The molecule has 0 aromatic heterocycles. The molecule has 1 amide bonds. The molecule has 0 N–H and O–H groups in total. The van der Waals surface area contributed by atoms with Crippen molar-refractivity contribution in [2.75, 3.05) is 0 Å². The highest BCUT2D eigenvalue weighted by Gasteiger charge is 2.27. The molecule has 3 nitrogen and oxygen atoms in total. The Morgan fingerprint density at radius 3 is 2.81 bits per heavy atom. The third-order valence-electron chi connectivity index (χ3n) is 3.65. The Bertz CT molecular complexity index is 866. The lowest BCUT2D eigenvalue weighted by molar-refractivity contribution is -0.114. The van der Waals surface area contributed by atoms with Crippen LogP contribution in [0.2, 0.25) is 0 Å². The zero-order chi connectivity index (χ0) is 14.2. The maximum Gasteiger partial charge on any atom is 0.295 e. The van der Waals surface area contributed by atoms with Crippen LogP contribution in [0.4, 0.5) is 0 Å². The maximum atomic E-state index is 12.1. The molecule has 0 saturated carbocycles. The molecule has 0 unspecified atom stereocenters. The molecular weight excluding hydrogens is 260 g/mol. The first-order valence-electron chi connectivity index (χ1n) is 6.79. The van der Waals surface area contributed by atoms with Crippen molar-refractivity contribution < 1.29 is 4.79 Å². The van der Waals surface area contributed by atoms with Crippen LogP contribution in [0.15, 0.2) is 77.6 Å². The first kappa shape index (κ1) is 11.9. The van der Waals surface area contributed by atoms with Gasteiger partial charge in [-0.15, -0.1) is 0 Å². The molecule has 0 saturated heterocycles. The largest absolute Gasteiger partial charge is 0.297 e. The van der Waals surface area contributed by atoms with Crippen molar-refractivity contribution in [3.8, 4) is 0 Å². The zero-order valence-electron chi connectivity index (χ0n) is 11.2. The summed E-state index contributed by atoms with van der Waals surface area (Å²) in [4.78, 5) is 18.0. The Labute approximate surface area is 122 Å². The number of aliphatic imine (C=N–C) groups is 1. The SMILES string of the molecule is O=C1N=C2C=CC=CN2/C1=C\c1cccc2ccccc12. The number of amidine groups is 1. The second kappa shape index (κ2) is 4.56. The van der Waals surface area contributed by atoms with Gasteiger partial charge in [0, 0.05) is 6.20 Å². The van der Waals surface area contributed by atoms with Crippen molar-refractivity contribution in [2.24, 2.45) is 4.99 Å². The maximum absolute atomic E-state index is 12.1. The summed E-state index contributed by atoms with van der Waals surface area (Å²) in [5.41, 5.74) is 1.61. The van der Waals surface area contributed by atoms with Crippen LogP contribution in [0.3, 0.4) is 0 Å². The van der Waals surface area contributed by atoms with Crippen molar-refractivity contribution >= 4 is 28.6 Å². The normalized spacial score (nSPS) is 18.5. The summed E-state index contributed by atoms with van der Waals surface area (Å²) in [6.45, 7) is 0. The predicted octanol–water partition coefficient (Wildman–Crippen LogP) is 3.50. The second-order valence-corrected chi connectivity index (χ2v) is 4.94. The number of amides is 1. The number of fused-ring (bicyclic) bond motifs is 2. The average molecular weight is 272 g/mol. The van der Waals surface area contributed by atoms with Crippen LogP contribution in [0, 0.1) is 0 Å². The summed E-state index contributed by atoms with van der Waals surface area (Å²) < 4.78 is 0. The van der Waals surface area contributed by atoms with Gasteiger partial charge in [0.25, 0.3) is 5.91 Å². The lowest BCUT2D eigenvalue weighted by Gasteiger charge is -2.16. The van der Waals surface area contributed by atoms with Gasteiger partial charge in [-0.05, 0) is 34.6 Å². The van der Waals surface area contributed by atoms with Gasteiger partial charge >= 0.3 is 0 Å². The molecule has 2 aromatic carbocycles. The summed E-state index contributed by atoms with van der Waals surface area (Å²) >= 11 is 0. The van der Waals surface area contributed by atoms with Gasteiger partial charge in [-0.2, -0.15) is 4.99 Å². The summed E-state index contributed by atoms with van der Waals surface area (Å²) in [7, 11) is 0. The van der Waals surface area contributed by atoms with E-state index in [1.807, 2.05) is 59.7 Å². The van der Waals surface area contributed by atoms with E-state index in [1.54, 1.807) is 0 Å². The molecule has 2 aliphatic rings. The van der Waals surface area contributed by atoms with Gasteiger partial charge in [-0.3, -0.25) is 9.69 Å². The molecule has 21 heavy (non-hydrogen) atoms. The second-order valence-electron chi connectivity index (χ2n) is 4.94. The molecule has 0 radical (unpaired) electrons. The molecule has 4 rings (SSSR count). The van der Waals surface area contributed by atoms with E-state index >= 15 is 0 Å². The third-order valence-corrected chi connectivity index (χ3v) is 3.65. The molecule has 3 heteroatoms. The Hall–Kier alpha value is -2.94. The van der Waals surface area contributed by atoms with Crippen LogP contribution in [-0.4, -0.2) is 16.6 Å². The van der Waals surface area contributed by atoms with E-state index in [0.29, 0.717) is 11.5 Å². The number of nitrogens with zero attached hydrogens (tertiary/aromatic N) is 2. The summed E-state index contributed by atoms with van der Waals surface area (Å²) in [5.74, 6) is 0.475. The fourth-order valence-electron chi connectivity index (χ4n) is 2.65. The topological polar surface area (TPSA) is 32.7 Å². The highest BCUT2D eigenvalue weighted by molar-refractivity contribution is 6.17. The molecule has 0 fully saturated rings. The summed E-state index contributed by atoms with van der Waals surface area (Å²) in [6, 6.07) is 14.2. The quantitative estimate of drug-likeness (QED) is 0.744. The average Bonchev–Trinajstić information content (AvgIpc) is 2.84. The smallest absolute Gasteiger partial charge is 0.295 e. The van der Waals surface area contributed by atoms with Crippen LogP contribution >= 0.6 is 0 Å². The predicted molar refractivity (Wildman–Crippen MR) is 84.5 cm³/mol. The van der Waals surface area contributed by atoms with E-state index in [-0.39, 0.29) is 5.91 Å². The molecule has 2 heterocycles. The number of hydrogen-bond acceptors (Lipinski definition) is 2. The first-order chi connectivity index (χ1) is 10.3. The van der Waals surface area contributed by atoms with Crippen molar-refractivity contribution in [1.29, 1.82) is 0 Å². The molecular formula is C18H12N2O. The minimum absolute atomic E-state index is 0.200. The van der Waals surface area contributed by atoms with Crippen molar-refractivity contribution in [3.05, 3.63) is 78.2 Å². The minimum atomic E-state index is -0.200. The Morgan fingerprint density at radius 2 is 1.86 bits per heavy atom. The number of carbonyl (C=O) groups is 1. The highest BCUT2D eigenvalue weighted by atomic mass is 16.2. The molecule has 100 valence electrons. The molecule has 0 bridgehead atoms. The van der Waals surface area contributed by atoms with Crippen LogP contribution in [0.25, 0.3) is 16.8 Å². The van der Waals surface area contributed by atoms with Crippen LogP contribution < -0.4 is 0 Å². The summed E-state index contributed by atoms with van der Waals surface area (Å²) in [6.07, 6.45) is 9.38. The Morgan fingerprint density at radius 1 is 1.00 bits per heavy atom. The van der Waals surface area contributed by atoms with E-state index in [2.05, 4.69) is 23.2 Å². The number of benzene rings is 2. The molecule has 0 atom stereocenters. The van der Waals surface area contributed by atoms with E-state index in [0.717, 1.165) is 16.3 Å². The number of allylic oxidation sites excluding steroid dienone is 2. The van der Waals surface area contributed by atoms with E-state index < -0.39 is 0 Å². The molecule has 2 aromatic rings. The summed E-state index contributed by atoms with van der Waals surface area (Å²) in [5, 5.41) is 2.29. The van der Waals surface area contributed by atoms with Gasteiger partial charge < -0.3 is 0 Å². The lowest BCUT2D eigenvalue weighted by atomic mass is 10.0. The van der Waals surface area contributed by atoms with E-state index in [4.69, 9.17) is 0 Å². The fraction of sp³-hybridized carbons (Fsp3) is 0. The lowest BCUT2D eigenvalue weighted by Crippen LogP contribution is -2.20. The molecule has 2 aliphatic heterocycles. The molecule has 0 aliphatic carbocycles. The van der Waals surface area contributed by atoms with Crippen LogP contribution in [-0.2, 0) is 4.79 Å². The van der Waals surface area contributed by atoms with Gasteiger partial charge in [0.1, 0.15) is 11.5 Å². The van der Waals surface area contributed by atoms with Crippen molar-refractivity contribution in [3.63, 3.8) is 0 Å². The van der Waals surface area contributed by atoms with Crippen LogP contribution in [0.1, 0.15) is 5.56 Å². The first-order valence-corrected chi connectivity index (χ1v) is 6.79. The Balaban J connectivity index is 1.86. The van der Waals surface area contributed by atoms with E-state index in [9.17, 15) is 4.79 Å². The van der Waals surface area contributed by atoms with E-state index in [1.165, 1.54) is 0 Å². The van der Waals surface area contributed by atoms with Gasteiger partial charge in [0.2, 0.25) is 0 Å². The number of carbonyl (C=O) groups excluding carboxylic acids is 1. The zero-order valence-corrected chi connectivity index (χ0v) is 11.2. The highest BCUT2D eigenvalue weighted by Crippen LogP contribution is 2.26. The fourth-order valence-corrected chi connectivity index (χ4v) is 2.65. The minimum Gasteiger partial charge on any atom is -0.297 e. The van der Waals surface area contributed by atoms with Gasteiger partial charge in [-0.25, -0.2) is 0 Å². The van der Waals surface area contributed by atoms with Gasteiger partial charge in [0.15, 0.2) is 0 Å². The van der Waals surface area contributed by atoms with Crippen molar-refractivity contribution in [1.82, 2.24) is 4.90 Å². The number of hydrogen-bond donors (Lipinski definition) is 0. The third kappa shape index (κ3) is 1.91. The number of rotatable bonds is 1. The standard InChI is InChI=1S/C18H12N2O/c21-18-16(20-11-4-3-10-17(20)19-18)12-14-8-5-7-13-6-1-2-9-15(13)14/h1-12H/b16-12-. The monoisotopic (exact) mass is 272 g/mol. The van der Waals surface area contributed by atoms with Gasteiger partial charge in [-0.1, -0.05) is 48.5 Å².